The number of aryl methyl sites for hydroxylation is 2. The van der Waals surface area contributed by atoms with E-state index in [4.69, 9.17) is 4.42 Å². The molecule has 1 aromatic heterocycles. The summed E-state index contributed by atoms with van der Waals surface area (Å²) in [6, 6.07) is 6.62. The zero-order valence-corrected chi connectivity index (χ0v) is 16.2. The van der Waals surface area contributed by atoms with Crippen LogP contribution >= 0.6 is 0 Å². The topological polar surface area (TPSA) is 33.4 Å². The van der Waals surface area contributed by atoms with E-state index in [1.165, 1.54) is 29.5 Å². The summed E-state index contributed by atoms with van der Waals surface area (Å²) in [7, 11) is 0. The van der Waals surface area contributed by atoms with Crippen molar-refractivity contribution in [1.29, 1.82) is 0 Å². The Bertz CT molecular complexity index is 825. The van der Waals surface area contributed by atoms with Crippen molar-refractivity contribution in [2.75, 3.05) is 0 Å². The first-order valence-corrected chi connectivity index (χ1v) is 9.60. The van der Waals surface area contributed by atoms with Gasteiger partial charge in [-0.1, -0.05) is 39.8 Å². The largest absolute Gasteiger partial charge is 0.469 e. The van der Waals surface area contributed by atoms with Gasteiger partial charge in [0.05, 0.1) is 6.26 Å². The quantitative estimate of drug-likeness (QED) is 0.744. The summed E-state index contributed by atoms with van der Waals surface area (Å²) in [5.74, 6) is 0.950. The number of benzene rings is 1. The first kappa shape index (κ1) is 16.9. The molecule has 0 fully saturated rings. The van der Waals surface area contributed by atoms with Crippen LogP contribution in [0.5, 0.6) is 0 Å². The van der Waals surface area contributed by atoms with Gasteiger partial charge in [0.2, 0.25) is 0 Å². The molecule has 0 radical (unpaired) electrons. The van der Waals surface area contributed by atoms with Crippen LogP contribution in [0.1, 0.15) is 87.0 Å². The molecule has 0 spiro atoms. The number of hydrogen-bond acceptors (Lipinski definition) is 2. The van der Waals surface area contributed by atoms with E-state index in [1.807, 2.05) is 6.07 Å². The van der Waals surface area contributed by atoms with Crippen LogP contribution in [-0.2, 0) is 22.9 Å². The highest BCUT2D eigenvalue weighted by Gasteiger charge is 2.42. The molecule has 4 rings (SSSR count). The third kappa shape index (κ3) is 2.41. The van der Waals surface area contributed by atoms with Gasteiger partial charge in [-0.3, -0.25) is 0 Å². The van der Waals surface area contributed by atoms with E-state index in [0.717, 1.165) is 36.1 Å². The molecule has 2 aliphatic carbocycles. The predicted molar refractivity (Wildman–Crippen MR) is 101 cm³/mol. The Balaban J connectivity index is 1.94. The SMILES string of the molecule is Cc1cc2c(cc1C1(O)CCCc3occc31)C(C)(C)CCC2(C)C. The Morgan fingerprint density at radius 2 is 1.52 bits per heavy atom. The minimum Gasteiger partial charge on any atom is -0.469 e. The number of aliphatic hydroxyl groups is 1. The minimum absolute atomic E-state index is 0.150. The van der Waals surface area contributed by atoms with Crippen molar-refractivity contribution >= 4 is 0 Å². The molecule has 134 valence electrons. The molecule has 0 saturated carbocycles. The van der Waals surface area contributed by atoms with Gasteiger partial charge in [0.1, 0.15) is 11.4 Å². The summed E-state index contributed by atoms with van der Waals surface area (Å²) < 4.78 is 5.64. The maximum Gasteiger partial charge on any atom is 0.118 e. The van der Waals surface area contributed by atoms with Gasteiger partial charge in [-0.15, -0.1) is 0 Å². The molecule has 1 aromatic carbocycles. The molecule has 1 atom stereocenters. The van der Waals surface area contributed by atoms with E-state index >= 15 is 0 Å². The van der Waals surface area contributed by atoms with Crippen LogP contribution < -0.4 is 0 Å². The van der Waals surface area contributed by atoms with Crippen molar-refractivity contribution in [2.24, 2.45) is 0 Å². The first-order valence-electron chi connectivity index (χ1n) is 9.60. The molecule has 2 aliphatic rings. The molecule has 25 heavy (non-hydrogen) atoms. The molecule has 1 unspecified atom stereocenters. The summed E-state index contributed by atoms with van der Waals surface area (Å²) in [5, 5.41) is 11.7. The highest BCUT2D eigenvalue weighted by atomic mass is 16.3. The zero-order valence-electron chi connectivity index (χ0n) is 16.2. The lowest BCUT2D eigenvalue weighted by molar-refractivity contribution is 0.0580. The maximum atomic E-state index is 11.7. The number of furan rings is 1. The number of fused-ring (bicyclic) bond motifs is 2. The van der Waals surface area contributed by atoms with Crippen LogP contribution in [0.15, 0.2) is 28.9 Å². The van der Waals surface area contributed by atoms with Crippen molar-refractivity contribution < 1.29 is 9.52 Å². The average Bonchev–Trinajstić information content (AvgIpc) is 3.02. The van der Waals surface area contributed by atoms with Gasteiger partial charge >= 0.3 is 0 Å². The van der Waals surface area contributed by atoms with Crippen molar-refractivity contribution in [3.63, 3.8) is 0 Å². The molecule has 1 N–H and O–H groups in total. The molecule has 0 bridgehead atoms. The molecular formula is C23H30O2. The third-order valence-electron chi connectivity index (χ3n) is 6.78. The fraction of sp³-hybridized carbons (Fsp3) is 0.565. The Labute approximate surface area is 151 Å². The van der Waals surface area contributed by atoms with Gasteiger partial charge in [0.15, 0.2) is 0 Å². The molecule has 2 nitrogen and oxygen atoms in total. The summed E-state index contributed by atoms with van der Waals surface area (Å²) in [5.41, 5.74) is 5.53. The van der Waals surface area contributed by atoms with Gasteiger partial charge in [-0.05, 0) is 71.8 Å². The van der Waals surface area contributed by atoms with Crippen molar-refractivity contribution in [1.82, 2.24) is 0 Å². The van der Waals surface area contributed by atoms with E-state index in [2.05, 4.69) is 46.8 Å². The summed E-state index contributed by atoms with van der Waals surface area (Å²) in [4.78, 5) is 0. The Hall–Kier alpha value is -1.54. The normalized spacial score (nSPS) is 26.8. The Kier molecular flexibility index (Phi) is 3.54. The van der Waals surface area contributed by atoms with E-state index < -0.39 is 5.60 Å². The van der Waals surface area contributed by atoms with Gasteiger partial charge in [-0.2, -0.15) is 0 Å². The third-order valence-corrected chi connectivity index (χ3v) is 6.78. The first-order chi connectivity index (χ1) is 11.7. The lowest BCUT2D eigenvalue weighted by atomic mass is 9.61. The highest BCUT2D eigenvalue weighted by Crippen LogP contribution is 2.49. The summed E-state index contributed by atoms with van der Waals surface area (Å²) >= 11 is 0. The highest BCUT2D eigenvalue weighted by molar-refractivity contribution is 5.52. The second kappa shape index (κ2) is 5.23. The van der Waals surface area contributed by atoms with Crippen LogP contribution in [0.2, 0.25) is 0 Å². The fourth-order valence-electron chi connectivity index (χ4n) is 4.99. The van der Waals surface area contributed by atoms with Crippen LogP contribution in [0, 0.1) is 6.92 Å². The van der Waals surface area contributed by atoms with Crippen LogP contribution in [0.25, 0.3) is 0 Å². The molecular weight excluding hydrogens is 308 g/mol. The summed E-state index contributed by atoms with van der Waals surface area (Å²) in [6.45, 7) is 11.5. The number of rotatable bonds is 1. The van der Waals surface area contributed by atoms with Crippen LogP contribution in [-0.4, -0.2) is 5.11 Å². The summed E-state index contributed by atoms with van der Waals surface area (Å²) in [6.07, 6.45) is 6.77. The predicted octanol–water partition coefficient (Wildman–Crippen LogP) is 5.51. The van der Waals surface area contributed by atoms with Crippen molar-refractivity contribution in [3.05, 3.63) is 58.0 Å². The van der Waals surface area contributed by atoms with Crippen LogP contribution in [0.4, 0.5) is 0 Å². The smallest absolute Gasteiger partial charge is 0.118 e. The average molecular weight is 338 g/mol. The molecule has 0 amide bonds. The molecule has 0 aliphatic heterocycles. The lowest BCUT2D eigenvalue weighted by Gasteiger charge is -2.44. The second-order valence-electron chi connectivity index (χ2n) is 9.45. The molecule has 0 saturated heterocycles. The zero-order chi connectivity index (χ0) is 18.0. The molecule has 2 heteroatoms. The second-order valence-corrected chi connectivity index (χ2v) is 9.45. The lowest BCUT2D eigenvalue weighted by Crippen LogP contribution is -2.37. The van der Waals surface area contributed by atoms with E-state index in [1.54, 1.807) is 6.26 Å². The van der Waals surface area contributed by atoms with E-state index in [9.17, 15) is 5.11 Å². The van der Waals surface area contributed by atoms with Gasteiger partial charge in [0, 0.05) is 12.0 Å². The standard InChI is InChI=1S/C23H30O2/c1-15-13-18-19(22(4,5)11-10-21(18,2)3)14-17(15)23(24)9-6-7-20-16(23)8-12-25-20/h8,12-14,24H,6-7,9-11H2,1-5H3. The monoisotopic (exact) mass is 338 g/mol. The van der Waals surface area contributed by atoms with Gasteiger partial charge in [-0.25, -0.2) is 0 Å². The van der Waals surface area contributed by atoms with E-state index in [0.29, 0.717) is 0 Å². The van der Waals surface area contributed by atoms with Gasteiger partial charge in [0.25, 0.3) is 0 Å². The van der Waals surface area contributed by atoms with Crippen molar-refractivity contribution in [3.8, 4) is 0 Å². The maximum absolute atomic E-state index is 11.7. The fourth-order valence-corrected chi connectivity index (χ4v) is 4.99. The Morgan fingerprint density at radius 1 is 0.880 bits per heavy atom. The Morgan fingerprint density at radius 3 is 2.20 bits per heavy atom. The molecule has 2 aromatic rings. The van der Waals surface area contributed by atoms with Crippen molar-refractivity contribution in [2.45, 2.75) is 83.2 Å². The van der Waals surface area contributed by atoms with Crippen LogP contribution in [0.3, 0.4) is 0 Å². The molecule has 1 heterocycles. The minimum atomic E-state index is -0.919. The van der Waals surface area contributed by atoms with E-state index in [-0.39, 0.29) is 10.8 Å². The van der Waals surface area contributed by atoms with Gasteiger partial charge < -0.3 is 9.52 Å². The number of hydrogen-bond donors (Lipinski definition) is 1.